The fourth-order valence-corrected chi connectivity index (χ4v) is 8.00. The zero-order valence-corrected chi connectivity index (χ0v) is 29.4. The van der Waals surface area contributed by atoms with Gasteiger partial charge in [-0.3, -0.25) is 9.59 Å². The molecule has 0 spiro atoms. The summed E-state index contributed by atoms with van der Waals surface area (Å²) < 4.78 is 99.8. The summed E-state index contributed by atoms with van der Waals surface area (Å²) in [6, 6.07) is 13.9. The van der Waals surface area contributed by atoms with Crippen LogP contribution in [0.5, 0.6) is 11.5 Å². The number of carbonyl (C=O) groups is 2. The van der Waals surface area contributed by atoms with Gasteiger partial charge in [0.1, 0.15) is 0 Å². The number of carbonyl (C=O) groups excluding carboxylic acids is 2. The highest BCUT2D eigenvalue weighted by Crippen LogP contribution is 2.51. The topological polar surface area (TPSA) is 85.3 Å². The van der Waals surface area contributed by atoms with E-state index in [0.29, 0.717) is 39.2 Å². The van der Waals surface area contributed by atoms with Crippen LogP contribution in [0.3, 0.4) is 0 Å². The second-order valence-corrected chi connectivity index (χ2v) is 13.8. The van der Waals surface area contributed by atoms with E-state index in [9.17, 15) is 41.0 Å². The molecule has 1 aliphatic carbocycles. The Morgan fingerprint density at radius 1 is 0.961 bits per heavy atom. The molecule has 3 aliphatic rings. The van der Waals surface area contributed by atoms with Crippen LogP contribution in [0.25, 0.3) is 11.6 Å². The third kappa shape index (κ3) is 7.27. The van der Waals surface area contributed by atoms with Crippen molar-refractivity contribution in [1.29, 1.82) is 0 Å². The molecule has 51 heavy (non-hydrogen) atoms. The predicted octanol–water partition coefficient (Wildman–Crippen LogP) is 8.53. The Hall–Kier alpha value is -3.89. The van der Waals surface area contributed by atoms with Gasteiger partial charge in [-0.25, -0.2) is 4.90 Å². The maximum atomic E-state index is 13.9. The number of rotatable bonds is 9. The standard InChI is InChI=1S/C37H32F6INO6/c1-49-17-22-13-26-32(35(48)45(34(26)47)25-15-23(36(38,39)40)14-24(16-25)37(41,42)43)27-18-51-29(31(22)27)9-8-21(20-6-4-3-5-7-20)10-19-11-28(44)33(46)30(12-19)50-2/h3-7,10-12,14-16,26-27,29,32,46H,8-9,13,17-18H2,1-2H3/b21-10-/t26-,27+,29-,32-/m1/s1. The first-order valence-corrected chi connectivity index (χ1v) is 17.0. The number of amides is 2. The van der Waals surface area contributed by atoms with Gasteiger partial charge < -0.3 is 19.3 Å². The lowest BCUT2D eigenvalue weighted by molar-refractivity contribution is -0.143. The summed E-state index contributed by atoms with van der Waals surface area (Å²) in [6.45, 7) is 0.140. The number of alkyl halides is 6. The van der Waals surface area contributed by atoms with E-state index < -0.39 is 64.8 Å². The quantitative estimate of drug-likeness (QED) is 0.0766. The molecule has 2 aliphatic heterocycles. The number of benzene rings is 3. The smallest absolute Gasteiger partial charge is 0.416 e. The van der Waals surface area contributed by atoms with Crippen molar-refractivity contribution >= 4 is 51.7 Å². The summed E-state index contributed by atoms with van der Waals surface area (Å²) in [5.41, 5.74) is 0.156. The molecule has 0 saturated carbocycles. The van der Waals surface area contributed by atoms with Crippen LogP contribution in [0.2, 0.25) is 0 Å². The van der Waals surface area contributed by atoms with Crippen LogP contribution in [0.4, 0.5) is 32.0 Å². The number of hydrogen-bond donors (Lipinski definition) is 1. The first-order chi connectivity index (χ1) is 24.1. The van der Waals surface area contributed by atoms with Crippen molar-refractivity contribution in [1.82, 2.24) is 0 Å². The van der Waals surface area contributed by atoms with Gasteiger partial charge in [-0.2, -0.15) is 26.3 Å². The van der Waals surface area contributed by atoms with Gasteiger partial charge in [-0.1, -0.05) is 36.4 Å². The van der Waals surface area contributed by atoms with E-state index >= 15 is 0 Å². The number of hydrogen-bond acceptors (Lipinski definition) is 6. The van der Waals surface area contributed by atoms with E-state index in [0.717, 1.165) is 27.8 Å². The molecule has 3 aromatic rings. The SMILES string of the molecule is COCC1=C2[C@@H](CC/C(=C/c3cc(I)c(O)c(OC)c3)c3ccccc3)OC[C@@H]2[C@@H]2C(=O)N(c3cc(C(F)(F)F)cc(C(F)(F)F)c3)C(=O)[C@@H]2C1. The van der Waals surface area contributed by atoms with Crippen molar-refractivity contribution in [2.75, 3.05) is 32.3 Å². The summed E-state index contributed by atoms with van der Waals surface area (Å²) in [6.07, 6.45) is -7.81. The zero-order chi connectivity index (χ0) is 36.8. The van der Waals surface area contributed by atoms with Crippen molar-refractivity contribution in [2.24, 2.45) is 17.8 Å². The number of methoxy groups -OCH3 is 2. The summed E-state index contributed by atoms with van der Waals surface area (Å²) in [5, 5.41) is 10.3. The lowest BCUT2D eigenvalue weighted by Crippen LogP contribution is -2.35. The molecule has 3 aromatic carbocycles. The number of halogens is 7. The number of allylic oxidation sites excluding steroid dienone is 1. The van der Waals surface area contributed by atoms with Crippen LogP contribution in [-0.4, -0.2) is 50.5 Å². The number of fused-ring (bicyclic) bond motifs is 3. The molecule has 2 heterocycles. The van der Waals surface area contributed by atoms with Gasteiger partial charge in [0.15, 0.2) is 11.5 Å². The van der Waals surface area contributed by atoms with Crippen LogP contribution in [0, 0.1) is 21.3 Å². The van der Waals surface area contributed by atoms with Crippen LogP contribution >= 0.6 is 22.6 Å². The summed E-state index contributed by atoms with van der Waals surface area (Å²) in [7, 11) is 2.93. The molecule has 0 radical (unpaired) electrons. The number of phenols is 1. The van der Waals surface area contributed by atoms with Gasteiger partial charge >= 0.3 is 12.4 Å². The minimum atomic E-state index is -5.15. The van der Waals surface area contributed by atoms with Crippen molar-refractivity contribution in [3.63, 3.8) is 0 Å². The fourth-order valence-electron chi connectivity index (χ4n) is 7.37. The van der Waals surface area contributed by atoms with E-state index in [2.05, 4.69) is 0 Å². The number of imide groups is 1. The number of ether oxygens (including phenoxy) is 3. The highest BCUT2D eigenvalue weighted by molar-refractivity contribution is 14.1. The van der Waals surface area contributed by atoms with Crippen molar-refractivity contribution < 1.29 is 55.2 Å². The van der Waals surface area contributed by atoms with Crippen LogP contribution < -0.4 is 9.64 Å². The number of anilines is 1. The van der Waals surface area contributed by atoms with Gasteiger partial charge in [0.05, 0.1) is 58.6 Å². The Balaban J connectivity index is 1.32. The maximum Gasteiger partial charge on any atom is 0.416 e. The van der Waals surface area contributed by atoms with Gasteiger partial charge in [-0.05, 0) is 100 Å². The van der Waals surface area contributed by atoms with Gasteiger partial charge in [-0.15, -0.1) is 0 Å². The van der Waals surface area contributed by atoms with E-state index in [1.54, 1.807) is 6.07 Å². The molecule has 7 nitrogen and oxygen atoms in total. The Morgan fingerprint density at radius 3 is 2.24 bits per heavy atom. The normalized spacial score (nSPS) is 22.5. The monoisotopic (exact) mass is 827 g/mol. The van der Waals surface area contributed by atoms with E-state index in [1.165, 1.54) is 14.2 Å². The van der Waals surface area contributed by atoms with Gasteiger partial charge in [0, 0.05) is 13.0 Å². The number of phenolic OH excluding ortho intramolecular Hbond substituents is 1. The van der Waals surface area contributed by atoms with Gasteiger partial charge in [0.2, 0.25) is 11.8 Å². The lowest BCUT2D eigenvalue weighted by Gasteiger charge is -2.31. The Morgan fingerprint density at radius 2 is 1.63 bits per heavy atom. The fraction of sp³-hybridized carbons (Fsp3) is 0.351. The molecule has 14 heteroatoms. The minimum absolute atomic E-state index is 0.0301. The molecule has 270 valence electrons. The van der Waals surface area contributed by atoms with Crippen molar-refractivity contribution in [3.05, 3.63) is 97.6 Å². The Bertz CT molecular complexity index is 1880. The number of aromatic hydroxyl groups is 1. The molecule has 6 rings (SSSR count). The second kappa shape index (κ2) is 14.3. The largest absolute Gasteiger partial charge is 0.504 e. The average molecular weight is 828 g/mol. The zero-order valence-electron chi connectivity index (χ0n) is 27.3. The molecule has 0 bridgehead atoms. The Labute approximate surface area is 303 Å². The molecule has 2 fully saturated rings. The van der Waals surface area contributed by atoms with Crippen LogP contribution in [0.1, 0.15) is 41.5 Å². The highest BCUT2D eigenvalue weighted by Gasteiger charge is 2.57. The Kier molecular flexibility index (Phi) is 10.3. The molecule has 0 unspecified atom stereocenters. The van der Waals surface area contributed by atoms with Crippen molar-refractivity contribution in [2.45, 2.75) is 37.7 Å². The minimum Gasteiger partial charge on any atom is -0.504 e. The van der Waals surface area contributed by atoms with E-state index in [4.69, 9.17) is 14.2 Å². The first kappa shape index (κ1) is 36.9. The van der Waals surface area contributed by atoms with E-state index in [1.807, 2.05) is 65.1 Å². The molecule has 4 atom stereocenters. The van der Waals surface area contributed by atoms with Crippen LogP contribution in [-0.2, 0) is 31.4 Å². The molecular weight excluding hydrogens is 795 g/mol. The molecule has 2 saturated heterocycles. The summed E-state index contributed by atoms with van der Waals surface area (Å²) in [4.78, 5) is 28.2. The maximum absolute atomic E-state index is 13.9. The average Bonchev–Trinajstić information content (AvgIpc) is 3.61. The van der Waals surface area contributed by atoms with E-state index in [-0.39, 0.29) is 31.5 Å². The third-order valence-electron chi connectivity index (χ3n) is 9.59. The molecule has 1 N–H and O–H groups in total. The molecule has 0 aromatic heterocycles. The molecular formula is C37H32F6INO6. The van der Waals surface area contributed by atoms with Gasteiger partial charge in [0.25, 0.3) is 0 Å². The number of nitrogens with zero attached hydrogens (tertiary/aromatic N) is 1. The van der Waals surface area contributed by atoms with Crippen LogP contribution in [0.15, 0.2) is 71.8 Å². The first-order valence-electron chi connectivity index (χ1n) is 15.9. The summed E-state index contributed by atoms with van der Waals surface area (Å²) in [5.74, 6) is -4.03. The second-order valence-electron chi connectivity index (χ2n) is 12.7. The predicted molar refractivity (Wildman–Crippen MR) is 184 cm³/mol. The lowest BCUT2D eigenvalue weighted by atomic mass is 9.69. The summed E-state index contributed by atoms with van der Waals surface area (Å²) >= 11 is 2.02. The van der Waals surface area contributed by atoms with Crippen molar-refractivity contribution in [3.8, 4) is 11.5 Å². The third-order valence-corrected chi connectivity index (χ3v) is 10.4. The highest BCUT2D eigenvalue weighted by atomic mass is 127. The molecule has 2 amide bonds.